The quantitative estimate of drug-likeness (QED) is 0.792. The van der Waals surface area contributed by atoms with Gasteiger partial charge in [0.05, 0.1) is 12.2 Å². The number of hydrogen-bond donors (Lipinski definition) is 0. The zero-order valence-electron chi connectivity index (χ0n) is 15.2. The number of nitrogens with zero attached hydrogens (tertiary/aromatic N) is 5. The van der Waals surface area contributed by atoms with Crippen LogP contribution in [-0.4, -0.2) is 83.1 Å². The summed E-state index contributed by atoms with van der Waals surface area (Å²) < 4.78 is 7.62. The zero-order chi connectivity index (χ0) is 17.2. The van der Waals surface area contributed by atoms with Gasteiger partial charge in [-0.1, -0.05) is 0 Å². The van der Waals surface area contributed by atoms with Crippen LogP contribution in [0.3, 0.4) is 0 Å². The smallest absolute Gasteiger partial charge is 0.226 e. The molecule has 7 nitrogen and oxygen atoms in total. The molecule has 0 aliphatic carbocycles. The van der Waals surface area contributed by atoms with Gasteiger partial charge < -0.3 is 19.1 Å². The molecule has 4 heterocycles. The Balaban J connectivity index is 1.36. The Morgan fingerprint density at radius 1 is 1.16 bits per heavy atom. The van der Waals surface area contributed by atoms with Crippen molar-refractivity contribution in [2.75, 3.05) is 53.0 Å². The Morgan fingerprint density at radius 3 is 2.68 bits per heavy atom. The Kier molecular flexibility index (Phi) is 5.05. The lowest BCUT2D eigenvalue weighted by molar-refractivity contribution is -0.140. The second-order valence-electron chi connectivity index (χ2n) is 7.57. The first-order valence-electron chi connectivity index (χ1n) is 9.51. The molecule has 7 heteroatoms. The third-order valence-corrected chi connectivity index (χ3v) is 5.72. The molecule has 0 bridgehead atoms. The van der Waals surface area contributed by atoms with Gasteiger partial charge in [0.25, 0.3) is 0 Å². The van der Waals surface area contributed by atoms with Gasteiger partial charge in [-0.15, -0.1) is 0 Å². The Bertz CT molecular complexity index is 603. The topological polar surface area (TPSA) is 53.8 Å². The van der Waals surface area contributed by atoms with E-state index in [9.17, 15) is 4.79 Å². The van der Waals surface area contributed by atoms with Crippen LogP contribution in [0.4, 0.5) is 0 Å². The Morgan fingerprint density at radius 2 is 1.92 bits per heavy atom. The molecule has 3 aliphatic heterocycles. The van der Waals surface area contributed by atoms with Crippen LogP contribution in [0.5, 0.6) is 0 Å². The van der Waals surface area contributed by atoms with Crippen molar-refractivity contribution in [3.05, 3.63) is 17.7 Å². The summed E-state index contributed by atoms with van der Waals surface area (Å²) in [5.74, 6) is 1.47. The number of aromatic nitrogens is 2. The van der Waals surface area contributed by atoms with Crippen LogP contribution in [-0.2, 0) is 29.2 Å². The van der Waals surface area contributed by atoms with Crippen LogP contribution in [0.25, 0.3) is 0 Å². The van der Waals surface area contributed by atoms with Gasteiger partial charge in [-0.05, 0) is 19.9 Å². The molecule has 25 heavy (non-hydrogen) atoms. The van der Waals surface area contributed by atoms with E-state index in [1.54, 1.807) is 0 Å². The standard InChI is InChI=1S/C18H29N5O2/c1-20-4-6-21(7-5-20)12-16-13-22-8-9-23(14-17(22)19-16)18(24)15-2-10-25-11-3-15/h13,15H,2-12,14H2,1H3. The molecule has 1 amide bonds. The van der Waals surface area contributed by atoms with Crippen molar-refractivity contribution in [3.63, 3.8) is 0 Å². The van der Waals surface area contributed by atoms with Crippen molar-refractivity contribution < 1.29 is 9.53 Å². The SMILES string of the molecule is CN1CCN(Cc2cn3c(n2)CN(C(=O)C2CCOCC2)CC3)CC1. The summed E-state index contributed by atoms with van der Waals surface area (Å²) in [6, 6.07) is 0. The van der Waals surface area contributed by atoms with Crippen LogP contribution >= 0.6 is 0 Å². The van der Waals surface area contributed by atoms with Crippen molar-refractivity contribution in [1.82, 2.24) is 24.3 Å². The van der Waals surface area contributed by atoms with Gasteiger partial charge in [-0.25, -0.2) is 4.98 Å². The predicted molar refractivity (Wildman–Crippen MR) is 94.0 cm³/mol. The van der Waals surface area contributed by atoms with Crippen LogP contribution in [0.1, 0.15) is 24.4 Å². The van der Waals surface area contributed by atoms with E-state index in [0.29, 0.717) is 19.8 Å². The third-order valence-electron chi connectivity index (χ3n) is 5.72. The lowest BCUT2D eigenvalue weighted by Gasteiger charge is -2.32. The number of carbonyl (C=O) groups excluding carboxylic acids is 1. The summed E-state index contributed by atoms with van der Waals surface area (Å²) in [5, 5.41) is 0. The van der Waals surface area contributed by atoms with Crippen molar-refractivity contribution in [2.45, 2.75) is 32.5 Å². The molecule has 2 fully saturated rings. The summed E-state index contributed by atoms with van der Waals surface area (Å²) in [4.78, 5) is 24.4. The highest BCUT2D eigenvalue weighted by Gasteiger charge is 2.29. The minimum Gasteiger partial charge on any atom is -0.381 e. The molecule has 0 radical (unpaired) electrons. The first-order valence-corrected chi connectivity index (χ1v) is 9.51. The number of rotatable bonds is 3. The lowest BCUT2D eigenvalue weighted by Crippen LogP contribution is -2.43. The maximum atomic E-state index is 12.7. The average molecular weight is 347 g/mol. The molecule has 4 rings (SSSR count). The van der Waals surface area contributed by atoms with Gasteiger partial charge >= 0.3 is 0 Å². The number of likely N-dealkylation sites (N-methyl/N-ethyl adjacent to an activating group) is 1. The summed E-state index contributed by atoms with van der Waals surface area (Å²) >= 11 is 0. The van der Waals surface area contributed by atoms with Gasteiger partial charge in [0.1, 0.15) is 5.82 Å². The van der Waals surface area contributed by atoms with E-state index in [1.165, 1.54) is 0 Å². The third kappa shape index (κ3) is 3.88. The molecule has 1 aromatic heterocycles. The first kappa shape index (κ1) is 17.0. The monoisotopic (exact) mass is 347 g/mol. The van der Waals surface area contributed by atoms with E-state index < -0.39 is 0 Å². The highest BCUT2D eigenvalue weighted by atomic mass is 16.5. The Labute approximate surface area is 149 Å². The van der Waals surface area contributed by atoms with E-state index >= 15 is 0 Å². The number of imidazole rings is 1. The maximum Gasteiger partial charge on any atom is 0.226 e. The van der Waals surface area contributed by atoms with E-state index in [0.717, 1.165) is 70.2 Å². The molecular formula is C18H29N5O2. The fourth-order valence-corrected chi connectivity index (χ4v) is 4.01. The van der Waals surface area contributed by atoms with Crippen molar-refractivity contribution in [1.29, 1.82) is 0 Å². The van der Waals surface area contributed by atoms with Crippen LogP contribution in [0.15, 0.2) is 6.20 Å². The molecule has 0 atom stereocenters. The molecule has 0 N–H and O–H groups in total. The van der Waals surface area contributed by atoms with Crippen molar-refractivity contribution in [3.8, 4) is 0 Å². The maximum absolute atomic E-state index is 12.7. The van der Waals surface area contributed by atoms with Gasteiger partial charge in [0.15, 0.2) is 0 Å². The van der Waals surface area contributed by atoms with E-state index in [-0.39, 0.29) is 11.8 Å². The highest BCUT2D eigenvalue weighted by Crippen LogP contribution is 2.21. The molecule has 3 aliphatic rings. The highest BCUT2D eigenvalue weighted by molar-refractivity contribution is 5.79. The molecule has 0 unspecified atom stereocenters. The molecule has 0 saturated carbocycles. The van der Waals surface area contributed by atoms with Crippen molar-refractivity contribution in [2.24, 2.45) is 5.92 Å². The van der Waals surface area contributed by atoms with Gasteiger partial charge in [-0.3, -0.25) is 9.69 Å². The minimum absolute atomic E-state index is 0.139. The minimum atomic E-state index is 0.139. The largest absolute Gasteiger partial charge is 0.381 e. The number of fused-ring (bicyclic) bond motifs is 1. The second-order valence-corrected chi connectivity index (χ2v) is 7.57. The number of carbonyl (C=O) groups is 1. The van der Waals surface area contributed by atoms with E-state index in [1.807, 2.05) is 4.90 Å². The van der Waals surface area contributed by atoms with Crippen LogP contribution < -0.4 is 0 Å². The normalized spacial score (nSPS) is 23.6. The molecule has 0 aromatic carbocycles. The van der Waals surface area contributed by atoms with Gasteiger partial charge in [0.2, 0.25) is 5.91 Å². The van der Waals surface area contributed by atoms with Gasteiger partial charge in [-0.2, -0.15) is 0 Å². The molecule has 1 aromatic rings. The summed E-state index contributed by atoms with van der Waals surface area (Å²) in [7, 11) is 2.18. The number of piperazine rings is 1. The number of hydrogen-bond acceptors (Lipinski definition) is 5. The van der Waals surface area contributed by atoms with E-state index in [4.69, 9.17) is 9.72 Å². The Hall–Kier alpha value is -1.44. The number of amides is 1. The molecule has 2 saturated heterocycles. The van der Waals surface area contributed by atoms with Crippen LogP contribution in [0.2, 0.25) is 0 Å². The van der Waals surface area contributed by atoms with Gasteiger partial charge in [0, 0.05) is 71.1 Å². The average Bonchev–Trinajstić information content (AvgIpc) is 3.05. The van der Waals surface area contributed by atoms with Crippen LogP contribution in [0, 0.1) is 5.92 Å². The van der Waals surface area contributed by atoms with Crippen molar-refractivity contribution >= 4 is 5.91 Å². The molecule has 138 valence electrons. The first-order chi connectivity index (χ1) is 12.2. The predicted octanol–water partition coefficient (Wildman–Crippen LogP) is 0.399. The molecule has 0 spiro atoms. The summed E-state index contributed by atoms with van der Waals surface area (Å²) in [6.07, 6.45) is 3.90. The second kappa shape index (κ2) is 7.43. The fourth-order valence-electron chi connectivity index (χ4n) is 4.01. The lowest BCUT2D eigenvalue weighted by atomic mass is 9.98. The fraction of sp³-hybridized carbons (Fsp3) is 0.778. The summed E-state index contributed by atoms with van der Waals surface area (Å²) in [5.41, 5.74) is 1.14. The number of ether oxygens (including phenoxy) is 1. The summed E-state index contributed by atoms with van der Waals surface area (Å²) in [6.45, 7) is 9.12. The van der Waals surface area contributed by atoms with E-state index in [2.05, 4.69) is 27.6 Å². The molecular weight excluding hydrogens is 318 g/mol. The zero-order valence-corrected chi connectivity index (χ0v) is 15.2.